The van der Waals surface area contributed by atoms with Gasteiger partial charge >= 0.3 is 234 Å². The number of quaternary nitrogens is 13. The van der Waals surface area contributed by atoms with Crippen molar-refractivity contribution in [3.63, 3.8) is 0 Å². The Bertz CT molecular complexity index is 1040. The first-order valence-corrected chi connectivity index (χ1v) is 28.2. The molecule has 0 saturated heterocycles. The third-order valence-corrected chi connectivity index (χ3v) is 0. The first-order chi connectivity index (χ1) is 15.7. The van der Waals surface area contributed by atoms with Crippen molar-refractivity contribution in [1.82, 2.24) is 80.0 Å². The van der Waals surface area contributed by atoms with Crippen LogP contribution < -0.4 is 133 Å². The van der Waals surface area contributed by atoms with Crippen LogP contribution >= 0.6 is 0 Å². The number of hydrogen-bond acceptors (Lipinski definition) is 31. The van der Waals surface area contributed by atoms with E-state index in [1.807, 2.05) is 0 Å². The molecule has 53 heavy (non-hydrogen) atoms. The van der Waals surface area contributed by atoms with E-state index in [1.54, 1.807) is 0 Å². The van der Waals surface area contributed by atoms with Crippen molar-refractivity contribution in [2.45, 2.75) is 0 Å². The molecule has 0 aliphatic heterocycles. The van der Waals surface area contributed by atoms with Crippen molar-refractivity contribution in [3.05, 3.63) is 15.3 Å². The summed E-state index contributed by atoms with van der Waals surface area (Å²) in [5, 5.41) is 14.8. The average Bonchev–Trinajstić information content (AvgIpc) is 2.18. The molecule has 0 aromatic heterocycles. The Labute approximate surface area is 330 Å². The second kappa shape index (κ2) is 67.4. The SMILES string of the molecule is O=[N+]([O-])[O-].[NH4+].[NH4+].[NH4+].[NH4+].[NH4+].[NH4+].[NH4+].[NH4+].[NH4+].[NH4+].[NH4+].[NH4+].[NH4+].[Ni+2].[O]=[Mo](=[O])([O-])[O-].[O]=[Mo](=[O])([O-])[O-].[O]=[Mo](=[O])([O-])[O-].[O]=[Mo](=[O])([O-])[O-].[O]=[Mo](=[O])([O-])[O-].[O]=[Mo](=[O])([O-])[O-].[O]=[Mo](=[O])([O-])[O-]. The van der Waals surface area contributed by atoms with Crippen LogP contribution in [0.3, 0.4) is 0 Å². The molecule has 0 aliphatic carbocycles. The molecular formula is H52Mo7N14NiO31. The fraction of sp³-hybridized carbons (Fsp3) is 0. The second-order valence-corrected chi connectivity index (χ2v) is 17.1. The zero-order valence-electron chi connectivity index (χ0n) is 29.3. The summed E-state index contributed by atoms with van der Waals surface area (Å²) in [5.41, 5.74) is 0. The summed E-state index contributed by atoms with van der Waals surface area (Å²) < 4.78 is 242. The molecule has 0 spiro atoms. The standard InChI is InChI=1S/7Mo.NO3.13H3N.Ni.28O/c;;;;;;;2-1(3)4;;;;;;;;;;;;;;;;;;;;;;;;;;;;;;;;;;;;;;;;;;/h;;;;;;;;13*1H3;;;;;;;;;;;;;;;;;;;;;;;;;;;;;/q;;;;;;;-1;;;;;;;;;;;;;;+2;;;;;;;;;;;;;;;14*-1/p+13. The van der Waals surface area contributed by atoms with Gasteiger partial charge in [-0.1, -0.05) is 0 Å². The summed E-state index contributed by atoms with van der Waals surface area (Å²) in [7, 11) is 0. The molecule has 0 aromatic carbocycles. The Hall–Kier alpha value is 0.632. The molecule has 53 heteroatoms. The van der Waals surface area contributed by atoms with Crippen molar-refractivity contribution in [2.75, 3.05) is 0 Å². The molecule has 0 amide bonds. The third kappa shape index (κ3) is 338000. The van der Waals surface area contributed by atoms with Gasteiger partial charge in [0.25, 0.3) is 0 Å². The van der Waals surface area contributed by atoms with Crippen molar-refractivity contribution in [2.24, 2.45) is 0 Å². The molecule has 0 heterocycles. The molecule has 0 aliphatic rings. The maximum atomic E-state index is 8.63. The average molecular weight is 1470 g/mol. The first-order valence-electron chi connectivity index (χ1n) is 5.21. The van der Waals surface area contributed by atoms with Crippen LogP contribution in [0.1, 0.15) is 0 Å². The monoisotopic (exact) mass is 1490 g/mol. The number of nitrogens with zero attached hydrogens (tertiary/aromatic N) is 1. The molecule has 0 atom stereocenters. The Morgan fingerprint density at radius 2 is 0.226 bits per heavy atom. The van der Waals surface area contributed by atoms with Gasteiger partial charge in [-0.2, -0.15) is 0 Å². The van der Waals surface area contributed by atoms with Crippen LogP contribution in [0.4, 0.5) is 0 Å². The Kier molecular flexibility index (Phi) is 189. The van der Waals surface area contributed by atoms with Gasteiger partial charge in [-0.25, -0.2) is 0 Å². The summed E-state index contributed by atoms with van der Waals surface area (Å²) >= 11 is -42.1. The molecule has 52 N–H and O–H groups in total. The quantitative estimate of drug-likeness (QED) is 0.0608. The fourth-order valence-corrected chi connectivity index (χ4v) is 0. The van der Waals surface area contributed by atoms with Crippen LogP contribution in [0.2, 0.25) is 0 Å². The van der Waals surface area contributed by atoms with Gasteiger partial charge in [-0.3, -0.25) is 0 Å². The van der Waals surface area contributed by atoms with E-state index in [-0.39, 0.29) is 96.4 Å². The van der Waals surface area contributed by atoms with Crippen molar-refractivity contribution >= 4 is 0 Å². The van der Waals surface area contributed by atoms with E-state index in [1.165, 1.54) is 0 Å². The summed E-state index contributed by atoms with van der Waals surface area (Å²) in [5.74, 6) is 0. The van der Waals surface area contributed by atoms with Gasteiger partial charge in [-0.15, -0.1) is 0 Å². The van der Waals surface area contributed by atoms with Gasteiger partial charge in [0.2, 0.25) is 0 Å². The zero-order valence-corrected chi connectivity index (χ0v) is 44.3. The van der Waals surface area contributed by atoms with Gasteiger partial charge in [-0.05, 0) is 0 Å². The van der Waals surface area contributed by atoms with Crippen LogP contribution in [0.5, 0.6) is 0 Å². The summed E-state index contributed by atoms with van der Waals surface area (Å²) in [6, 6.07) is 0. The van der Waals surface area contributed by atoms with E-state index in [9.17, 15) is 0 Å². The van der Waals surface area contributed by atoms with Crippen LogP contribution in [0.25, 0.3) is 0 Å². The Morgan fingerprint density at radius 1 is 0.226 bits per heavy atom. The fourth-order valence-electron chi connectivity index (χ4n) is 0. The topological polar surface area (TPSA) is 1100 Å². The third-order valence-electron chi connectivity index (χ3n) is 0. The van der Waals surface area contributed by atoms with Crippen molar-refractivity contribution < 1.29 is 239 Å². The van der Waals surface area contributed by atoms with Crippen molar-refractivity contribution in [3.8, 4) is 0 Å². The molecular weight excluding hydrogens is 1420 g/mol. The Morgan fingerprint density at radius 3 is 0.226 bits per heavy atom. The predicted molar refractivity (Wildman–Crippen MR) is 97.8 cm³/mol. The van der Waals surface area contributed by atoms with Crippen molar-refractivity contribution in [1.29, 1.82) is 0 Å². The number of rotatable bonds is 0. The minimum atomic E-state index is -6.02. The van der Waals surface area contributed by atoms with Gasteiger partial charge in [0.1, 0.15) is 0 Å². The van der Waals surface area contributed by atoms with Gasteiger partial charge in [0.05, 0.1) is 5.09 Å². The van der Waals surface area contributed by atoms with Crippen LogP contribution in [0, 0.1) is 15.3 Å². The zero-order chi connectivity index (χ0) is 35.1. The minimum absolute atomic E-state index is 0. The van der Waals surface area contributed by atoms with E-state index in [2.05, 4.69) is 0 Å². The van der Waals surface area contributed by atoms with Crippen LogP contribution in [0.15, 0.2) is 0 Å². The van der Waals surface area contributed by atoms with Crippen LogP contribution in [-0.2, 0) is 181 Å². The molecule has 0 fully saturated rings. The molecule has 0 radical (unpaired) electrons. The normalized spacial score (nSPS) is 8.11. The molecule has 0 saturated carbocycles. The second-order valence-electron chi connectivity index (χ2n) is 3.08. The summed E-state index contributed by atoms with van der Waals surface area (Å²) in [6.45, 7) is 0. The molecule has 0 unspecified atom stereocenters. The van der Waals surface area contributed by atoms with Gasteiger partial charge in [0, 0.05) is 0 Å². The van der Waals surface area contributed by atoms with E-state index in [4.69, 9.17) is 116 Å². The number of hydrogen-bond donors (Lipinski definition) is 13. The molecule has 0 rings (SSSR count). The van der Waals surface area contributed by atoms with E-state index in [0.29, 0.717) is 0 Å². The summed E-state index contributed by atoms with van der Waals surface area (Å²) in [4.78, 5) is 8.25. The first kappa shape index (κ1) is 148. The van der Waals surface area contributed by atoms with E-state index in [0.717, 1.165) is 0 Å². The van der Waals surface area contributed by atoms with E-state index < -0.39 is 122 Å². The van der Waals surface area contributed by atoms with E-state index >= 15 is 0 Å². The van der Waals surface area contributed by atoms with Gasteiger partial charge < -0.3 is 95.3 Å². The molecule has 45 nitrogen and oxygen atoms in total. The molecule has 0 aromatic rings. The maximum absolute atomic E-state index is 8.63. The predicted octanol–water partition coefficient (Wildman–Crippen LogP) is -13.7. The van der Waals surface area contributed by atoms with Gasteiger partial charge in [0.15, 0.2) is 0 Å². The summed E-state index contributed by atoms with van der Waals surface area (Å²) in [6.07, 6.45) is 0. The molecule has 0 bridgehead atoms. The van der Waals surface area contributed by atoms with Crippen LogP contribution in [-0.4, -0.2) is 5.09 Å². The Balaban J connectivity index is -0.00000000999. The molecule has 360 valence electrons.